The van der Waals surface area contributed by atoms with Gasteiger partial charge in [-0.25, -0.2) is 13.1 Å². The highest BCUT2D eigenvalue weighted by Crippen LogP contribution is 2.30. The summed E-state index contributed by atoms with van der Waals surface area (Å²) in [4.78, 5) is 4.49. The van der Waals surface area contributed by atoms with E-state index in [4.69, 9.17) is 11.6 Å². The number of hydrogen-bond acceptors (Lipinski definition) is 4. The molecule has 0 unspecified atom stereocenters. The summed E-state index contributed by atoms with van der Waals surface area (Å²) < 4.78 is 27.8. The Balaban J connectivity index is 1.78. The monoisotopic (exact) mass is 393 g/mol. The number of halogens is 1. The summed E-state index contributed by atoms with van der Waals surface area (Å²) in [5.74, 6) is 0. The van der Waals surface area contributed by atoms with Crippen molar-refractivity contribution in [2.45, 2.75) is 17.4 Å². The Hall–Kier alpha value is -1.60. The molecule has 2 aromatic rings. The molecule has 0 aliphatic carbocycles. The molecule has 0 saturated heterocycles. The summed E-state index contributed by atoms with van der Waals surface area (Å²) in [6, 6.07) is 12.5. The standard InChI is InChI=1S/C19H24ClN3O2S/c1-22(2)19(14-4-9-18-15(12-14)10-11-23(18)3)13-21-26(24,25)17-7-5-16(20)6-8-17/h4-9,12,19,21H,10-11,13H2,1-3H3/t19-/m1/s1. The lowest BCUT2D eigenvalue weighted by molar-refractivity contribution is 0.299. The van der Waals surface area contributed by atoms with Crippen LogP contribution in [0, 0.1) is 0 Å². The number of anilines is 1. The maximum Gasteiger partial charge on any atom is 0.240 e. The van der Waals surface area contributed by atoms with Crippen LogP contribution in [0.25, 0.3) is 0 Å². The highest BCUT2D eigenvalue weighted by atomic mass is 35.5. The van der Waals surface area contributed by atoms with E-state index in [-0.39, 0.29) is 10.9 Å². The molecule has 140 valence electrons. The van der Waals surface area contributed by atoms with E-state index in [2.05, 4.69) is 34.9 Å². The molecular formula is C19H24ClN3O2S. The average Bonchev–Trinajstić information content (AvgIpc) is 2.96. The molecule has 3 rings (SSSR count). The van der Waals surface area contributed by atoms with Gasteiger partial charge in [0.2, 0.25) is 10.0 Å². The topological polar surface area (TPSA) is 52.7 Å². The highest BCUT2D eigenvalue weighted by molar-refractivity contribution is 7.89. The van der Waals surface area contributed by atoms with Gasteiger partial charge in [0, 0.05) is 36.9 Å². The van der Waals surface area contributed by atoms with Crippen molar-refractivity contribution in [2.24, 2.45) is 0 Å². The lowest BCUT2D eigenvalue weighted by atomic mass is 10.0. The van der Waals surface area contributed by atoms with E-state index < -0.39 is 10.0 Å². The summed E-state index contributed by atoms with van der Waals surface area (Å²) >= 11 is 5.84. The van der Waals surface area contributed by atoms with Crippen molar-refractivity contribution in [2.75, 3.05) is 39.1 Å². The van der Waals surface area contributed by atoms with Crippen molar-refractivity contribution >= 4 is 27.3 Å². The Bertz CT molecular complexity index is 882. The zero-order valence-electron chi connectivity index (χ0n) is 15.2. The van der Waals surface area contributed by atoms with Crippen LogP contribution in [0.15, 0.2) is 47.4 Å². The molecule has 2 aromatic carbocycles. The fraction of sp³-hybridized carbons (Fsp3) is 0.368. The lowest BCUT2D eigenvalue weighted by Crippen LogP contribution is -2.34. The second kappa shape index (κ2) is 7.56. The minimum atomic E-state index is -3.58. The zero-order chi connectivity index (χ0) is 18.9. The molecule has 0 saturated carbocycles. The van der Waals surface area contributed by atoms with Crippen LogP contribution in [0.2, 0.25) is 5.02 Å². The maximum atomic E-state index is 12.6. The van der Waals surface area contributed by atoms with Crippen molar-refractivity contribution in [1.29, 1.82) is 0 Å². The quantitative estimate of drug-likeness (QED) is 0.819. The second-order valence-electron chi connectivity index (χ2n) is 6.84. The Kier molecular flexibility index (Phi) is 5.58. The Morgan fingerprint density at radius 2 is 1.88 bits per heavy atom. The number of fused-ring (bicyclic) bond motifs is 1. The Labute approximate surface area is 160 Å². The van der Waals surface area contributed by atoms with Crippen molar-refractivity contribution in [3.63, 3.8) is 0 Å². The number of nitrogens with one attached hydrogen (secondary N) is 1. The predicted molar refractivity (Wildman–Crippen MR) is 106 cm³/mol. The minimum absolute atomic E-state index is 0.0479. The molecule has 1 aliphatic rings. The zero-order valence-corrected chi connectivity index (χ0v) is 16.8. The number of benzene rings is 2. The van der Waals surface area contributed by atoms with E-state index in [1.807, 2.05) is 19.0 Å². The van der Waals surface area contributed by atoms with Crippen LogP contribution in [-0.2, 0) is 16.4 Å². The van der Waals surface area contributed by atoms with Gasteiger partial charge in [-0.15, -0.1) is 0 Å². The third kappa shape index (κ3) is 4.04. The van der Waals surface area contributed by atoms with E-state index in [0.29, 0.717) is 11.6 Å². The van der Waals surface area contributed by atoms with Crippen LogP contribution < -0.4 is 9.62 Å². The first-order chi connectivity index (χ1) is 12.3. The molecule has 0 aromatic heterocycles. The van der Waals surface area contributed by atoms with Gasteiger partial charge in [-0.05, 0) is 62.0 Å². The number of hydrogen-bond donors (Lipinski definition) is 1. The predicted octanol–water partition coefficient (Wildman–Crippen LogP) is 2.91. The van der Waals surface area contributed by atoms with Crippen molar-refractivity contribution < 1.29 is 8.42 Å². The summed E-state index contributed by atoms with van der Waals surface area (Å²) in [5.41, 5.74) is 3.69. The van der Waals surface area contributed by atoms with Gasteiger partial charge in [0.1, 0.15) is 0 Å². The minimum Gasteiger partial charge on any atom is -0.374 e. The first-order valence-electron chi connectivity index (χ1n) is 8.53. The van der Waals surface area contributed by atoms with Gasteiger partial charge in [0.05, 0.1) is 4.90 Å². The van der Waals surface area contributed by atoms with Crippen LogP contribution in [0.1, 0.15) is 17.2 Å². The van der Waals surface area contributed by atoms with Gasteiger partial charge in [0.15, 0.2) is 0 Å². The van der Waals surface area contributed by atoms with Gasteiger partial charge in [-0.2, -0.15) is 0 Å². The van der Waals surface area contributed by atoms with Crippen LogP contribution in [-0.4, -0.2) is 47.6 Å². The van der Waals surface area contributed by atoms with E-state index in [9.17, 15) is 8.42 Å². The molecule has 1 aliphatic heterocycles. The van der Waals surface area contributed by atoms with Crippen molar-refractivity contribution in [3.8, 4) is 0 Å². The first-order valence-corrected chi connectivity index (χ1v) is 10.4. The highest BCUT2D eigenvalue weighted by Gasteiger charge is 2.22. The number of likely N-dealkylation sites (N-methyl/N-ethyl adjacent to an activating group) is 2. The molecule has 1 N–H and O–H groups in total. The van der Waals surface area contributed by atoms with E-state index in [1.165, 1.54) is 23.4 Å². The van der Waals surface area contributed by atoms with Crippen LogP contribution in [0.3, 0.4) is 0 Å². The van der Waals surface area contributed by atoms with Crippen LogP contribution in [0.4, 0.5) is 5.69 Å². The van der Waals surface area contributed by atoms with Gasteiger partial charge < -0.3 is 9.80 Å². The van der Waals surface area contributed by atoms with E-state index >= 15 is 0 Å². The number of nitrogens with zero attached hydrogens (tertiary/aromatic N) is 2. The average molecular weight is 394 g/mol. The van der Waals surface area contributed by atoms with Crippen molar-refractivity contribution in [1.82, 2.24) is 9.62 Å². The van der Waals surface area contributed by atoms with E-state index in [1.54, 1.807) is 12.1 Å². The molecular weight excluding hydrogens is 370 g/mol. The van der Waals surface area contributed by atoms with Gasteiger partial charge in [0.25, 0.3) is 0 Å². The molecule has 0 spiro atoms. The summed E-state index contributed by atoms with van der Waals surface area (Å²) in [5, 5.41) is 0.512. The summed E-state index contributed by atoms with van der Waals surface area (Å²) in [6.07, 6.45) is 1.02. The Morgan fingerprint density at radius 1 is 1.19 bits per heavy atom. The lowest BCUT2D eigenvalue weighted by Gasteiger charge is -2.26. The largest absolute Gasteiger partial charge is 0.374 e. The first kappa shape index (κ1) is 19.2. The molecule has 1 atom stereocenters. The molecule has 0 amide bonds. The van der Waals surface area contributed by atoms with Gasteiger partial charge in [-0.3, -0.25) is 0 Å². The number of sulfonamides is 1. The van der Waals surface area contributed by atoms with Gasteiger partial charge >= 0.3 is 0 Å². The van der Waals surface area contributed by atoms with E-state index in [0.717, 1.165) is 18.5 Å². The van der Waals surface area contributed by atoms with Gasteiger partial charge in [-0.1, -0.05) is 23.7 Å². The summed E-state index contributed by atoms with van der Waals surface area (Å²) in [6.45, 7) is 1.32. The molecule has 5 nitrogen and oxygen atoms in total. The van der Waals surface area contributed by atoms with Crippen molar-refractivity contribution in [3.05, 3.63) is 58.6 Å². The maximum absolute atomic E-state index is 12.6. The molecule has 0 bridgehead atoms. The molecule has 0 radical (unpaired) electrons. The fourth-order valence-electron chi connectivity index (χ4n) is 3.28. The molecule has 26 heavy (non-hydrogen) atoms. The third-order valence-electron chi connectivity index (χ3n) is 4.83. The SMILES string of the molecule is CN1CCc2cc([C@@H](CNS(=O)(=O)c3ccc(Cl)cc3)N(C)C)ccc21. The molecule has 7 heteroatoms. The normalized spacial score (nSPS) is 15.3. The second-order valence-corrected chi connectivity index (χ2v) is 9.05. The van der Waals surface area contributed by atoms with Crippen LogP contribution in [0.5, 0.6) is 0 Å². The molecule has 0 fully saturated rings. The third-order valence-corrected chi connectivity index (χ3v) is 6.52. The van der Waals surface area contributed by atoms with Crippen LogP contribution >= 0.6 is 11.6 Å². The molecule has 1 heterocycles. The smallest absolute Gasteiger partial charge is 0.240 e. The fourth-order valence-corrected chi connectivity index (χ4v) is 4.44. The Morgan fingerprint density at radius 3 is 2.54 bits per heavy atom. The number of rotatable bonds is 6. The summed E-state index contributed by atoms with van der Waals surface area (Å²) in [7, 11) is 2.43.